The molecule has 1 aliphatic heterocycles. The van der Waals surface area contributed by atoms with Crippen molar-refractivity contribution < 1.29 is 9.47 Å². The van der Waals surface area contributed by atoms with Crippen LogP contribution in [0.15, 0.2) is 0 Å². The first-order valence-electron chi connectivity index (χ1n) is 5.73. The van der Waals surface area contributed by atoms with Crippen LogP contribution >= 0.6 is 11.6 Å². The van der Waals surface area contributed by atoms with E-state index in [1.165, 1.54) is 19.3 Å². The molecule has 2 saturated carbocycles. The van der Waals surface area contributed by atoms with Gasteiger partial charge in [-0.25, -0.2) is 0 Å². The van der Waals surface area contributed by atoms with E-state index in [0.717, 1.165) is 26.1 Å². The Kier molecular flexibility index (Phi) is 2.26. The summed E-state index contributed by atoms with van der Waals surface area (Å²) in [6.07, 6.45) is 6.00. The van der Waals surface area contributed by atoms with Crippen LogP contribution in [0.4, 0.5) is 0 Å². The second kappa shape index (κ2) is 3.36. The quantitative estimate of drug-likeness (QED) is 0.580. The summed E-state index contributed by atoms with van der Waals surface area (Å²) in [6.45, 7) is 1.64. The van der Waals surface area contributed by atoms with Gasteiger partial charge in [0.05, 0.1) is 13.2 Å². The fourth-order valence-electron chi connectivity index (χ4n) is 2.75. The van der Waals surface area contributed by atoms with Gasteiger partial charge in [-0.15, -0.1) is 11.6 Å². The minimum atomic E-state index is -0.220. The van der Waals surface area contributed by atoms with Gasteiger partial charge in [-0.1, -0.05) is 6.42 Å². The van der Waals surface area contributed by atoms with Crippen LogP contribution in [0.3, 0.4) is 0 Å². The molecule has 80 valence electrons. The lowest BCUT2D eigenvalue weighted by atomic mass is 9.94. The van der Waals surface area contributed by atoms with Gasteiger partial charge in [-0.05, 0) is 12.8 Å². The lowest BCUT2D eigenvalue weighted by Crippen LogP contribution is -2.38. The summed E-state index contributed by atoms with van der Waals surface area (Å²) in [4.78, 5) is 0. The van der Waals surface area contributed by atoms with Crippen LogP contribution in [0.5, 0.6) is 0 Å². The van der Waals surface area contributed by atoms with E-state index in [1.54, 1.807) is 0 Å². The molecule has 3 aliphatic rings. The van der Waals surface area contributed by atoms with Crippen LogP contribution in [0.25, 0.3) is 0 Å². The Morgan fingerprint density at radius 2 is 1.50 bits per heavy atom. The molecule has 0 aromatic carbocycles. The molecule has 2 atom stereocenters. The monoisotopic (exact) mass is 216 g/mol. The van der Waals surface area contributed by atoms with Crippen molar-refractivity contribution in [1.82, 2.24) is 0 Å². The fourth-order valence-corrected chi connectivity index (χ4v) is 3.18. The molecular weight excluding hydrogens is 200 g/mol. The van der Waals surface area contributed by atoms with E-state index < -0.39 is 0 Å². The van der Waals surface area contributed by atoms with Crippen molar-refractivity contribution in [2.45, 2.75) is 43.3 Å². The SMILES string of the molecule is ClC1C2COC3(CCCCC3)OCC12. The first kappa shape index (κ1) is 9.44. The van der Waals surface area contributed by atoms with Gasteiger partial charge in [0.1, 0.15) is 0 Å². The summed E-state index contributed by atoms with van der Waals surface area (Å²) in [5.41, 5.74) is 0. The van der Waals surface area contributed by atoms with Gasteiger partial charge < -0.3 is 9.47 Å². The minimum absolute atomic E-state index is 0.220. The molecule has 0 bridgehead atoms. The molecule has 1 spiro atoms. The van der Waals surface area contributed by atoms with Gasteiger partial charge in [0, 0.05) is 30.1 Å². The van der Waals surface area contributed by atoms with E-state index in [1.807, 2.05) is 0 Å². The summed E-state index contributed by atoms with van der Waals surface area (Å²) < 4.78 is 11.9. The number of fused-ring (bicyclic) bond motifs is 1. The van der Waals surface area contributed by atoms with Gasteiger partial charge >= 0.3 is 0 Å². The van der Waals surface area contributed by atoms with Crippen molar-refractivity contribution >= 4 is 11.6 Å². The average Bonchev–Trinajstić information content (AvgIpc) is 2.88. The largest absolute Gasteiger partial charge is 0.350 e. The lowest BCUT2D eigenvalue weighted by molar-refractivity contribution is -0.246. The topological polar surface area (TPSA) is 18.5 Å². The van der Waals surface area contributed by atoms with Gasteiger partial charge in [0.25, 0.3) is 0 Å². The van der Waals surface area contributed by atoms with Gasteiger partial charge in [-0.3, -0.25) is 0 Å². The van der Waals surface area contributed by atoms with Crippen molar-refractivity contribution in [3.8, 4) is 0 Å². The van der Waals surface area contributed by atoms with E-state index in [0.29, 0.717) is 17.2 Å². The van der Waals surface area contributed by atoms with Gasteiger partial charge in [-0.2, -0.15) is 0 Å². The Labute approximate surface area is 89.9 Å². The summed E-state index contributed by atoms with van der Waals surface area (Å²) >= 11 is 6.10. The Morgan fingerprint density at radius 3 is 2.07 bits per heavy atom. The molecule has 2 nitrogen and oxygen atoms in total. The Morgan fingerprint density at radius 1 is 0.929 bits per heavy atom. The van der Waals surface area contributed by atoms with Crippen LogP contribution in [-0.4, -0.2) is 24.4 Å². The maximum atomic E-state index is 6.10. The van der Waals surface area contributed by atoms with Gasteiger partial charge in [0.2, 0.25) is 0 Å². The first-order chi connectivity index (χ1) is 6.81. The highest BCUT2D eigenvalue weighted by Crippen LogP contribution is 2.49. The molecule has 1 heterocycles. The van der Waals surface area contributed by atoms with E-state index in [4.69, 9.17) is 21.1 Å². The highest BCUT2D eigenvalue weighted by atomic mass is 35.5. The van der Waals surface area contributed by atoms with Crippen molar-refractivity contribution in [3.63, 3.8) is 0 Å². The average molecular weight is 217 g/mol. The second-order valence-corrected chi connectivity index (χ2v) is 5.37. The predicted octanol–water partition coefficient (Wildman–Crippen LogP) is 2.55. The summed E-state index contributed by atoms with van der Waals surface area (Å²) in [6, 6.07) is 0. The van der Waals surface area contributed by atoms with Crippen LogP contribution < -0.4 is 0 Å². The number of hydrogen-bond acceptors (Lipinski definition) is 2. The smallest absolute Gasteiger partial charge is 0.168 e. The van der Waals surface area contributed by atoms with Crippen LogP contribution in [0, 0.1) is 11.8 Å². The molecule has 0 amide bonds. The lowest BCUT2D eigenvalue weighted by Gasteiger charge is -2.36. The molecule has 3 rings (SSSR count). The summed E-state index contributed by atoms with van der Waals surface area (Å²) in [5.74, 6) is 0.915. The van der Waals surface area contributed by atoms with Crippen LogP contribution in [0.1, 0.15) is 32.1 Å². The number of alkyl halides is 1. The highest BCUT2D eigenvalue weighted by Gasteiger charge is 2.53. The summed E-state index contributed by atoms with van der Waals surface area (Å²) in [7, 11) is 0. The zero-order valence-electron chi connectivity index (χ0n) is 8.38. The molecule has 3 heteroatoms. The van der Waals surface area contributed by atoms with Crippen molar-refractivity contribution in [3.05, 3.63) is 0 Å². The fraction of sp³-hybridized carbons (Fsp3) is 1.00. The third-order valence-corrected chi connectivity index (χ3v) is 4.57. The first-order valence-corrected chi connectivity index (χ1v) is 6.16. The second-order valence-electron chi connectivity index (χ2n) is 4.87. The van der Waals surface area contributed by atoms with E-state index in [9.17, 15) is 0 Å². The Balaban J connectivity index is 1.66. The zero-order valence-corrected chi connectivity index (χ0v) is 9.13. The van der Waals surface area contributed by atoms with Crippen LogP contribution in [-0.2, 0) is 9.47 Å². The van der Waals surface area contributed by atoms with Crippen LogP contribution in [0.2, 0.25) is 0 Å². The summed E-state index contributed by atoms with van der Waals surface area (Å²) in [5, 5.41) is 0.316. The minimum Gasteiger partial charge on any atom is -0.350 e. The molecule has 1 saturated heterocycles. The third kappa shape index (κ3) is 1.48. The number of rotatable bonds is 0. The van der Waals surface area contributed by atoms with Crippen molar-refractivity contribution in [2.75, 3.05) is 13.2 Å². The molecule has 2 aliphatic carbocycles. The molecule has 0 N–H and O–H groups in total. The number of halogens is 1. The van der Waals surface area contributed by atoms with E-state index >= 15 is 0 Å². The zero-order chi connectivity index (χ0) is 9.60. The molecular formula is C11H17ClO2. The number of ether oxygens (including phenoxy) is 2. The van der Waals surface area contributed by atoms with E-state index in [2.05, 4.69) is 0 Å². The Bertz CT molecular complexity index is 209. The normalized spacial score (nSPS) is 45.6. The maximum Gasteiger partial charge on any atom is 0.168 e. The molecule has 2 unspecified atom stereocenters. The highest BCUT2D eigenvalue weighted by molar-refractivity contribution is 6.23. The van der Waals surface area contributed by atoms with Crippen molar-refractivity contribution in [2.24, 2.45) is 11.8 Å². The number of hydrogen-bond donors (Lipinski definition) is 0. The molecule has 0 aromatic rings. The van der Waals surface area contributed by atoms with E-state index in [-0.39, 0.29) is 5.79 Å². The Hall–Kier alpha value is 0.210. The van der Waals surface area contributed by atoms with Gasteiger partial charge in [0.15, 0.2) is 5.79 Å². The molecule has 3 fully saturated rings. The molecule has 14 heavy (non-hydrogen) atoms. The molecule has 0 radical (unpaired) electrons. The predicted molar refractivity (Wildman–Crippen MR) is 54.3 cm³/mol. The molecule has 0 aromatic heterocycles. The van der Waals surface area contributed by atoms with Crippen molar-refractivity contribution in [1.29, 1.82) is 0 Å². The standard InChI is InChI=1S/C11H17ClO2/c12-10-8-6-13-11(14-7-9(8)10)4-2-1-3-5-11/h8-10H,1-7H2. The maximum absolute atomic E-state index is 6.10. The third-order valence-electron chi connectivity index (χ3n) is 3.92.